The number of carbonyl (C=O) groups is 2. The summed E-state index contributed by atoms with van der Waals surface area (Å²) in [6.45, 7) is 9.73. The molecular formula is C19H18N4O3S. The fourth-order valence-electron chi connectivity index (χ4n) is 3.18. The Balaban J connectivity index is 1.37. The average molecular weight is 382 g/mol. The molecule has 138 valence electrons. The smallest absolute Gasteiger partial charge is 0.414 e. The Morgan fingerprint density at radius 1 is 1.44 bits per heavy atom. The van der Waals surface area contributed by atoms with Crippen molar-refractivity contribution in [3.8, 4) is 0 Å². The summed E-state index contributed by atoms with van der Waals surface area (Å²) in [7, 11) is 0. The van der Waals surface area contributed by atoms with Gasteiger partial charge >= 0.3 is 6.09 Å². The van der Waals surface area contributed by atoms with Crippen LogP contribution in [0, 0.1) is 13.5 Å². The van der Waals surface area contributed by atoms with Gasteiger partial charge in [-0.05, 0) is 31.2 Å². The maximum absolute atomic E-state index is 12.2. The molecule has 1 aromatic heterocycles. The van der Waals surface area contributed by atoms with E-state index in [1.807, 2.05) is 24.3 Å². The number of anilines is 1. The summed E-state index contributed by atoms with van der Waals surface area (Å²) in [5.41, 5.74) is 3.70. The summed E-state index contributed by atoms with van der Waals surface area (Å²) in [6.07, 6.45) is 0.945. The number of ether oxygens (including phenoxy) is 1. The molecule has 1 atom stereocenters. The van der Waals surface area contributed by atoms with E-state index in [2.05, 4.69) is 15.1 Å². The summed E-state index contributed by atoms with van der Waals surface area (Å²) < 4.78 is 5.37. The molecule has 1 aliphatic heterocycles. The lowest BCUT2D eigenvalue weighted by Gasteiger charge is -2.14. The lowest BCUT2D eigenvalue weighted by molar-refractivity contribution is 0.0919. The maximum atomic E-state index is 12.2. The van der Waals surface area contributed by atoms with Crippen LogP contribution in [0.1, 0.15) is 33.8 Å². The van der Waals surface area contributed by atoms with E-state index in [-0.39, 0.29) is 18.0 Å². The Bertz CT molecular complexity index is 927. The number of hydrogen-bond donors (Lipinski definition) is 1. The van der Waals surface area contributed by atoms with E-state index < -0.39 is 12.2 Å². The number of hydrogen-bond acceptors (Lipinski definition) is 5. The normalized spacial score (nSPS) is 20.1. The van der Waals surface area contributed by atoms with Crippen molar-refractivity contribution in [1.82, 2.24) is 10.3 Å². The van der Waals surface area contributed by atoms with Gasteiger partial charge in [0.05, 0.1) is 24.3 Å². The second kappa shape index (κ2) is 6.67. The Hall–Kier alpha value is -2.92. The number of aryl methyl sites for hydroxylation is 1. The maximum Gasteiger partial charge on any atom is 0.414 e. The first kappa shape index (κ1) is 17.5. The molecule has 7 nitrogen and oxygen atoms in total. The zero-order valence-electron chi connectivity index (χ0n) is 14.8. The summed E-state index contributed by atoms with van der Waals surface area (Å²) in [4.78, 5) is 34.3. The third kappa shape index (κ3) is 3.26. The van der Waals surface area contributed by atoms with Gasteiger partial charge in [-0.1, -0.05) is 0 Å². The van der Waals surface area contributed by atoms with Crippen LogP contribution in [-0.2, 0) is 10.3 Å². The average Bonchev–Trinajstić information content (AvgIpc) is 3.23. The van der Waals surface area contributed by atoms with E-state index in [4.69, 9.17) is 11.3 Å². The van der Waals surface area contributed by atoms with Crippen LogP contribution in [0.15, 0.2) is 29.8 Å². The molecule has 2 amide bonds. The summed E-state index contributed by atoms with van der Waals surface area (Å²) in [5, 5.41) is 2.80. The molecule has 0 radical (unpaired) electrons. The van der Waals surface area contributed by atoms with Crippen LogP contribution in [-0.4, -0.2) is 36.2 Å². The van der Waals surface area contributed by atoms with Crippen molar-refractivity contribution in [2.24, 2.45) is 0 Å². The van der Waals surface area contributed by atoms with Crippen LogP contribution in [0.4, 0.5) is 10.5 Å². The molecule has 0 spiro atoms. The van der Waals surface area contributed by atoms with Gasteiger partial charge in [0, 0.05) is 24.1 Å². The zero-order chi connectivity index (χ0) is 19.0. The van der Waals surface area contributed by atoms with Gasteiger partial charge in [0.25, 0.3) is 11.4 Å². The van der Waals surface area contributed by atoms with Gasteiger partial charge in [-0.15, -0.1) is 11.3 Å². The second-order valence-corrected chi connectivity index (χ2v) is 7.64. The standard InChI is InChI=1S/C19H18N4O3S/c1-12-16(27-11-22-12)17(24)21-9-15-10-23(18(25)26-15)14-5-3-13(4-6-14)19(20-2)7-8-19/h3-6,11,15H,7-10H2,1H3,(H,21,24)/t15-/m0/s1. The second-order valence-electron chi connectivity index (χ2n) is 6.78. The molecule has 4 rings (SSSR count). The first-order valence-electron chi connectivity index (χ1n) is 8.68. The minimum absolute atomic E-state index is 0.206. The number of rotatable bonds is 5. The number of carbonyl (C=O) groups excluding carboxylic acids is 2. The highest BCUT2D eigenvalue weighted by atomic mass is 32.1. The van der Waals surface area contributed by atoms with Crippen LogP contribution < -0.4 is 10.2 Å². The van der Waals surface area contributed by atoms with Crippen LogP contribution in [0.2, 0.25) is 0 Å². The molecule has 0 unspecified atom stereocenters. The number of nitrogens with one attached hydrogen (secondary N) is 1. The number of nitrogens with zero attached hydrogens (tertiary/aromatic N) is 3. The fraction of sp³-hybridized carbons (Fsp3) is 0.368. The van der Waals surface area contributed by atoms with Crippen LogP contribution in [0.25, 0.3) is 4.85 Å². The van der Waals surface area contributed by atoms with Gasteiger partial charge in [0.15, 0.2) is 0 Å². The van der Waals surface area contributed by atoms with E-state index in [1.165, 1.54) is 11.3 Å². The van der Waals surface area contributed by atoms with E-state index in [1.54, 1.807) is 17.3 Å². The molecule has 2 aliphatic rings. The Morgan fingerprint density at radius 3 is 2.78 bits per heavy atom. The first-order valence-corrected chi connectivity index (χ1v) is 9.56. The van der Waals surface area contributed by atoms with E-state index in [9.17, 15) is 9.59 Å². The van der Waals surface area contributed by atoms with E-state index in [0.717, 1.165) is 24.1 Å². The van der Waals surface area contributed by atoms with Gasteiger partial charge in [-0.2, -0.15) is 0 Å². The Kier molecular flexibility index (Phi) is 4.32. The number of cyclic esters (lactones) is 1. The highest BCUT2D eigenvalue weighted by molar-refractivity contribution is 7.11. The minimum Gasteiger partial charge on any atom is -0.442 e. The number of benzene rings is 1. The van der Waals surface area contributed by atoms with Crippen LogP contribution in [0.3, 0.4) is 0 Å². The molecule has 8 heteroatoms. The summed E-state index contributed by atoms with van der Waals surface area (Å²) in [6, 6.07) is 7.53. The SMILES string of the molecule is [C-]#[N+]C1(c2ccc(N3C[C@H](CNC(=O)c4scnc4C)OC3=O)cc2)CC1. The largest absolute Gasteiger partial charge is 0.442 e. The Morgan fingerprint density at radius 2 is 2.19 bits per heavy atom. The van der Waals surface area contributed by atoms with Crippen molar-refractivity contribution >= 4 is 29.0 Å². The predicted molar refractivity (Wildman–Crippen MR) is 101 cm³/mol. The number of amides is 2. The lowest BCUT2D eigenvalue weighted by Crippen LogP contribution is -2.34. The quantitative estimate of drug-likeness (QED) is 0.806. The Labute approximate surface area is 160 Å². The third-order valence-electron chi connectivity index (χ3n) is 4.97. The van der Waals surface area contributed by atoms with Gasteiger partial charge in [-0.25, -0.2) is 16.4 Å². The third-order valence-corrected chi connectivity index (χ3v) is 5.90. The topological polar surface area (TPSA) is 75.9 Å². The van der Waals surface area contributed by atoms with Gasteiger partial charge < -0.3 is 14.9 Å². The van der Waals surface area contributed by atoms with Gasteiger partial charge in [0.2, 0.25) is 0 Å². The highest BCUT2D eigenvalue weighted by Crippen LogP contribution is 2.49. The highest BCUT2D eigenvalue weighted by Gasteiger charge is 2.52. The van der Waals surface area contributed by atoms with Gasteiger partial charge in [0.1, 0.15) is 11.0 Å². The monoisotopic (exact) mass is 382 g/mol. The molecule has 1 saturated carbocycles. The van der Waals surface area contributed by atoms with Crippen molar-refractivity contribution in [1.29, 1.82) is 0 Å². The molecule has 1 N–H and O–H groups in total. The number of aromatic nitrogens is 1. The van der Waals surface area contributed by atoms with Gasteiger partial charge in [-0.3, -0.25) is 9.69 Å². The van der Waals surface area contributed by atoms with Crippen LogP contribution >= 0.6 is 11.3 Å². The molecule has 2 heterocycles. The minimum atomic E-state index is -0.428. The lowest BCUT2D eigenvalue weighted by atomic mass is 10.1. The van der Waals surface area contributed by atoms with Crippen molar-refractivity contribution < 1.29 is 14.3 Å². The zero-order valence-corrected chi connectivity index (χ0v) is 15.6. The van der Waals surface area contributed by atoms with Crippen molar-refractivity contribution in [3.05, 3.63) is 57.3 Å². The molecule has 27 heavy (non-hydrogen) atoms. The summed E-state index contributed by atoms with van der Waals surface area (Å²) >= 11 is 1.29. The number of thiazole rings is 1. The molecule has 1 aliphatic carbocycles. The van der Waals surface area contributed by atoms with Crippen molar-refractivity contribution in [3.63, 3.8) is 0 Å². The fourth-order valence-corrected chi connectivity index (χ4v) is 3.90. The van der Waals surface area contributed by atoms with E-state index >= 15 is 0 Å². The molecule has 1 aromatic carbocycles. The van der Waals surface area contributed by atoms with Crippen molar-refractivity contribution in [2.45, 2.75) is 31.4 Å². The predicted octanol–water partition coefficient (Wildman–Crippen LogP) is 3.12. The molecule has 2 aromatic rings. The molecule has 0 bridgehead atoms. The first-order chi connectivity index (χ1) is 13.0. The van der Waals surface area contributed by atoms with Crippen molar-refractivity contribution in [2.75, 3.05) is 18.0 Å². The van der Waals surface area contributed by atoms with Crippen LogP contribution in [0.5, 0.6) is 0 Å². The molecular weight excluding hydrogens is 364 g/mol. The van der Waals surface area contributed by atoms with E-state index in [0.29, 0.717) is 17.1 Å². The summed E-state index contributed by atoms with van der Waals surface area (Å²) in [5.74, 6) is -0.206. The molecule has 2 fully saturated rings. The molecule has 1 saturated heterocycles.